The molecule has 148 valence electrons. The molecule has 0 atom stereocenters. The van der Waals surface area contributed by atoms with Gasteiger partial charge >= 0.3 is 5.69 Å². The number of nitro benzene ring substituents is 1. The fourth-order valence-corrected chi connectivity index (χ4v) is 3.22. The van der Waals surface area contributed by atoms with Gasteiger partial charge in [0.1, 0.15) is 5.75 Å². The minimum absolute atomic E-state index is 0.0676. The predicted octanol–water partition coefficient (Wildman–Crippen LogP) is 1.61. The second-order valence-electron chi connectivity index (χ2n) is 6.49. The minimum atomic E-state index is -0.507. The van der Waals surface area contributed by atoms with Crippen LogP contribution in [-0.2, 0) is 13.1 Å². The van der Waals surface area contributed by atoms with Gasteiger partial charge in [0.05, 0.1) is 24.3 Å². The zero-order chi connectivity index (χ0) is 20.5. The molecule has 0 fully saturated rings. The number of aromatic nitrogens is 3. The van der Waals surface area contributed by atoms with Crippen molar-refractivity contribution >= 4 is 11.6 Å². The number of hydrogen-bond donors (Lipinski definition) is 0. The molecule has 2 heterocycles. The highest BCUT2D eigenvalue weighted by Crippen LogP contribution is 2.18. The molecule has 29 heavy (non-hydrogen) atoms. The van der Waals surface area contributed by atoms with Crippen LogP contribution >= 0.6 is 0 Å². The van der Waals surface area contributed by atoms with Gasteiger partial charge in [-0.3, -0.25) is 19.5 Å². The highest BCUT2D eigenvalue weighted by atomic mass is 16.6. The van der Waals surface area contributed by atoms with Gasteiger partial charge in [-0.25, -0.2) is 4.79 Å². The Morgan fingerprint density at radius 3 is 2.41 bits per heavy atom. The smallest absolute Gasteiger partial charge is 0.350 e. The van der Waals surface area contributed by atoms with Crippen molar-refractivity contribution in [1.29, 1.82) is 0 Å². The van der Waals surface area contributed by atoms with Crippen LogP contribution in [0.5, 0.6) is 5.75 Å². The number of fused-ring (bicyclic) bond motifs is 1. The molecule has 0 spiro atoms. The molecule has 1 amide bonds. The van der Waals surface area contributed by atoms with E-state index in [4.69, 9.17) is 4.74 Å². The van der Waals surface area contributed by atoms with E-state index in [0.29, 0.717) is 35.9 Å². The molecule has 1 aliphatic rings. The van der Waals surface area contributed by atoms with Gasteiger partial charge in [0.2, 0.25) is 0 Å². The van der Waals surface area contributed by atoms with E-state index in [1.807, 2.05) is 0 Å². The number of nitro groups is 1. The summed E-state index contributed by atoms with van der Waals surface area (Å²) >= 11 is 0. The molecule has 10 nitrogen and oxygen atoms in total. The Morgan fingerprint density at radius 2 is 1.79 bits per heavy atom. The molecule has 1 aromatic heterocycles. The summed E-state index contributed by atoms with van der Waals surface area (Å²) < 4.78 is 7.81. The molecule has 3 aromatic rings. The quantitative estimate of drug-likeness (QED) is 0.490. The van der Waals surface area contributed by atoms with Crippen molar-refractivity contribution in [3.63, 3.8) is 0 Å². The van der Waals surface area contributed by atoms with E-state index in [1.54, 1.807) is 36.3 Å². The lowest BCUT2D eigenvalue weighted by Gasteiger charge is -2.26. The van der Waals surface area contributed by atoms with E-state index in [0.717, 1.165) is 0 Å². The lowest BCUT2D eigenvalue weighted by atomic mass is 10.2. The van der Waals surface area contributed by atoms with Crippen molar-refractivity contribution in [1.82, 2.24) is 19.2 Å². The normalized spacial score (nSPS) is 13.1. The Morgan fingerprint density at radius 1 is 1.10 bits per heavy atom. The van der Waals surface area contributed by atoms with Gasteiger partial charge in [-0.2, -0.15) is 4.68 Å². The maximum Gasteiger partial charge on any atom is 0.350 e. The second-order valence-corrected chi connectivity index (χ2v) is 6.49. The number of nitrogens with zero attached hydrogens (tertiary/aromatic N) is 5. The molecule has 2 aromatic carbocycles. The molecule has 0 aliphatic carbocycles. The Labute approximate surface area is 164 Å². The van der Waals surface area contributed by atoms with E-state index in [-0.39, 0.29) is 23.8 Å². The molecule has 0 saturated heterocycles. The van der Waals surface area contributed by atoms with E-state index in [1.165, 1.54) is 33.5 Å². The van der Waals surface area contributed by atoms with E-state index < -0.39 is 4.92 Å². The zero-order valence-electron chi connectivity index (χ0n) is 15.5. The van der Waals surface area contributed by atoms with Crippen LogP contribution in [0.3, 0.4) is 0 Å². The van der Waals surface area contributed by atoms with Crippen molar-refractivity contribution in [2.75, 3.05) is 13.7 Å². The molecular formula is C19H17N5O5. The number of non-ortho nitro benzene ring substituents is 1. The van der Waals surface area contributed by atoms with Crippen molar-refractivity contribution in [2.24, 2.45) is 0 Å². The first-order valence-electron chi connectivity index (χ1n) is 8.85. The highest BCUT2D eigenvalue weighted by Gasteiger charge is 2.26. The van der Waals surface area contributed by atoms with Gasteiger partial charge in [-0.05, 0) is 36.4 Å². The fourth-order valence-electron chi connectivity index (χ4n) is 3.22. The average Bonchev–Trinajstić information content (AvgIpc) is 3.09. The number of hydrogen-bond acceptors (Lipinski definition) is 6. The summed E-state index contributed by atoms with van der Waals surface area (Å²) in [6, 6.07) is 12.4. The Kier molecular flexibility index (Phi) is 4.59. The topological polar surface area (TPSA) is 112 Å². The number of methoxy groups -OCH3 is 1. The third kappa shape index (κ3) is 3.35. The maximum atomic E-state index is 12.8. The van der Waals surface area contributed by atoms with Crippen molar-refractivity contribution in [3.05, 3.63) is 80.5 Å². The van der Waals surface area contributed by atoms with Crippen LogP contribution in [0.1, 0.15) is 16.2 Å². The van der Waals surface area contributed by atoms with Crippen molar-refractivity contribution < 1.29 is 14.5 Å². The van der Waals surface area contributed by atoms with Crippen LogP contribution in [0, 0.1) is 10.1 Å². The molecular weight excluding hydrogens is 378 g/mol. The van der Waals surface area contributed by atoms with Crippen molar-refractivity contribution in [3.8, 4) is 11.4 Å². The highest BCUT2D eigenvalue weighted by molar-refractivity contribution is 5.94. The van der Waals surface area contributed by atoms with Gasteiger partial charge in [-0.15, -0.1) is 5.10 Å². The first kappa shape index (κ1) is 18.4. The van der Waals surface area contributed by atoms with Crippen LogP contribution < -0.4 is 10.4 Å². The molecule has 1 aliphatic heterocycles. The number of amides is 1. The van der Waals surface area contributed by atoms with Crippen LogP contribution in [0.4, 0.5) is 5.69 Å². The lowest BCUT2D eigenvalue weighted by Crippen LogP contribution is -2.40. The summed E-state index contributed by atoms with van der Waals surface area (Å²) in [5, 5.41) is 15.1. The maximum absolute atomic E-state index is 12.8. The molecule has 10 heteroatoms. The largest absolute Gasteiger partial charge is 0.497 e. The SMILES string of the molecule is COc1ccc(C(=O)N2CCn3c(nn(-c4ccc([N+](=O)[O-])cc4)c3=O)C2)cc1. The molecule has 0 bridgehead atoms. The summed E-state index contributed by atoms with van der Waals surface area (Å²) in [7, 11) is 1.56. The predicted molar refractivity (Wildman–Crippen MR) is 102 cm³/mol. The zero-order valence-corrected chi connectivity index (χ0v) is 15.5. The monoisotopic (exact) mass is 395 g/mol. The number of benzene rings is 2. The summed E-state index contributed by atoms with van der Waals surface area (Å²) in [6.07, 6.45) is 0. The molecule has 0 saturated carbocycles. The third-order valence-corrected chi connectivity index (χ3v) is 4.79. The van der Waals surface area contributed by atoms with Crippen LogP contribution in [0.2, 0.25) is 0 Å². The first-order chi connectivity index (χ1) is 14.0. The summed E-state index contributed by atoms with van der Waals surface area (Å²) in [5.74, 6) is 0.966. The van der Waals surface area contributed by atoms with Gasteiger partial charge in [0, 0.05) is 30.8 Å². The minimum Gasteiger partial charge on any atom is -0.497 e. The number of carbonyl (C=O) groups is 1. The molecule has 0 N–H and O–H groups in total. The Hall–Kier alpha value is -3.95. The van der Waals surface area contributed by atoms with Gasteiger partial charge < -0.3 is 9.64 Å². The average molecular weight is 395 g/mol. The Balaban J connectivity index is 1.58. The first-order valence-corrected chi connectivity index (χ1v) is 8.85. The van der Waals surface area contributed by atoms with Crippen LogP contribution in [0.25, 0.3) is 5.69 Å². The lowest BCUT2D eigenvalue weighted by molar-refractivity contribution is -0.384. The second kappa shape index (κ2) is 7.23. The standard InChI is InChI=1S/C19H17N5O5/c1-29-16-8-2-13(3-9-16)18(25)21-10-11-22-17(12-21)20-23(19(22)26)14-4-6-15(7-5-14)24(27)28/h2-9H,10-12H2,1H3. The summed E-state index contributed by atoms with van der Waals surface area (Å²) in [6.45, 7) is 0.896. The van der Waals surface area contributed by atoms with Gasteiger partial charge in [-0.1, -0.05) is 0 Å². The Bertz CT molecular complexity index is 1130. The van der Waals surface area contributed by atoms with Gasteiger partial charge in [0.15, 0.2) is 5.82 Å². The van der Waals surface area contributed by atoms with Crippen LogP contribution in [0.15, 0.2) is 53.3 Å². The number of ether oxygens (including phenoxy) is 1. The summed E-state index contributed by atoms with van der Waals surface area (Å²) in [4.78, 5) is 37.4. The number of rotatable bonds is 4. The summed E-state index contributed by atoms with van der Waals surface area (Å²) in [5.41, 5.74) is 0.541. The molecule has 4 rings (SSSR count). The third-order valence-electron chi connectivity index (χ3n) is 4.79. The van der Waals surface area contributed by atoms with Crippen LogP contribution in [-0.4, -0.2) is 43.7 Å². The van der Waals surface area contributed by atoms with E-state index in [2.05, 4.69) is 5.10 Å². The van der Waals surface area contributed by atoms with E-state index in [9.17, 15) is 19.7 Å². The van der Waals surface area contributed by atoms with Gasteiger partial charge in [0.25, 0.3) is 11.6 Å². The number of carbonyl (C=O) groups excluding carboxylic acids is 1. The van der Waals surface area contributed by atoms with Crippen molar-refractivity contribution in [2.45, 2.75) is 13.1 Å². The molecule has 0 radical (unpaired) electrons. The van der Waals surface area contributed by atoms with E-state index >= 15 is 0 Å². The molecule has 0 unspecified atom stereocenters. The fraction of sp³-hybridized carbons (Fsp3) is 0.211.